The summed E-state index contributed by atoms with van der Waals surface area (Å²) in [5, 5.41) is 16.7. The standard InChI is InChI=1S/C14H12BrN5OS/c1-20-14(17-18-19-20)22-8-13(21)16-10-5-6-11-9(7-10)3-2-4-12(11)15/h2-7H,8H2,1H3,(H,16,21). The van der Waals surface area contributed by atoms with Gasteiger partial charge in [-0.3, -0.25) is 4.79 Å². The number of halogens is 1. The minimum absolute atomic E-state index is 0.0950. The van der Waals surface area contributed by atoms with Crippen molar-refractivity contribution >= 4 is 50.1 Å². The maximum absolute atomic E-state index is 12.0. The maximum atomic E-state index is 12.0. The molecule has 0 saturated carbocycles. The summed E-state index contributed by atoms with van der Waals surface area (Å²) in [6.45, 7) is 0. The van der Waals surface area contributed by atoms with Crippen LogP contribution in [0.15, 0.2) is 46.0 Å². The van der Waals surface area contributed by atoms with Crippen molar-refractivity contribution in [3.05, 3.63) is 40.9 Å². The largest absolute Gasteiger partial charge is 0.325 e. The van der Waals surface area contributed by atoms with Gasteiger partial charge in [-0.15, -0.1) is 5.10 Å². The number of carbonyl (C=O) groups is 1. The molecule has 3 aromatic rings. The van der Waals surface area contributed by atoms with Crippen LogP contribution in [-0.4, -0.2) is 31.9 Å². The average Bonchev–Trinajstić information content (AvgIpc) is 2.91. The second-order valence-electron chi connectivity index (χ2n) is 4.60. The first kappa shape index (κ1) is 15.0. The molecule has 0 fully saturated rings. The van der Waals surface area contributed by atoms with E-state index in [1.54, 1.807) is 7.05 Å². The number of fused-ring (bicyclic) bond motifs is 1. The molecule has 0 aliphatic carbocycles. The molecule has 0 radical (unpaired) electrons. The molecule has 0 spiro atoms. The van der Waals surface area contributed by atoms with Crippen molar-refractivity contribution in [3.8, 4) is 0 Å². The number of aromatic nitrogens is 4. The number of aryl methyl sites for hydroxylation is 1. The normalized spacial score (nSPS) is 10.8. The molecule has 3 rings (SSSR count). The number of hydrogen-bond donors (Lipinski definition) is 1. The predicted molar refractivity (Wildman–Crippen MR) is 89.8 cm³/mol. The van der Waals surface area contributed by atoms with Crippen molar-refractivity contribution in [2.45, 2.75) is 5.16 Å². The summed E-state index contributed by atoms with van der Waals surface area (Å²) in [5.41, 5.74) is 0.771. The van der Waals surface area contributed by atoms with Crippen LogP contribution in [0.5, 0.6) is 0 Å². The minimum Gasteiger partial charge on any atom is -0.325 e. The quantitative estimate of drug-likeness (QED) is 0.707. The number of hydrogen-bond acceptors (Lipinski definition) is 5. The number of nitrogens with zero attached hydrogens (tertiary/aromatic N) is 4. The van der Waals surface area contributed by atoms with Gasteiger partial charge in [0.25, 0.3) is 0 Å². The smallest absolute Gasteiger partial charge is 0.234 e. The van der Waals surface area contributed by atoms with E-state index in [0.29, 0.717) is 5.16 Å². The third kappa shape index (κ3) is 3.28. The Kier molecular flexibility index (Phi) is 4.39. The summed E-state index contributed by atoms with van der Waals surface area (Å²) >= 11 is 4.81. The van der Waals surface area contributed by atoms with Gasteiger partial charge in [0, 0.05) is 17.2 Å². The number of rotatable bonds is 4. The fraction of sp³-hybridized carbons (Fsp3) is 0.143. The van der Waals surface area contributed by atoms with Gasteiger partial charge in [-0.1, -0.05) is 45.9 Å². The first-order chi connectivity index (χ1) is 10.6. The van der Waals surface area contributed by atoms with E-state index in [-0.39, 0.29) is 11.7 Å². The number of amides is 1. The molecule has 1 N–H and O–H groups in total. The molecule has 1 aromatic heterocycles. The molecule has 0 aliphatic heterocycles. The van der Waals surface area contributed by atoms with Crippen LogP contribution in [0, 0.1) is 0 Å². The van der Waals surface area contributed by atoms with Gasteiger partial charge in [0.05, 0.1) is 5.75 Å². The fourth-order valence-corrected chi connectivity index (χ4v) is 3.16. The summed E-state index contributed by atoms with van der Waals surface area (Å²) in [4.78, 5) is 12.0. The Morgan fingerprint density at radius 2 is 2.23 bits per heavy atom. The van der Waals surface area contributed by atoms with Gasteiger partial charge in [0.15, 0.2) is 0 Å². The SMILES string of the molecule is Cn1nnnc1SCC(=O)Nc1ccc2c(Br)cccc2c1. The van der Waals surface area contributed by atoms with Crippen molar-refractivity contribution in [3.63, 3.8) is 0 Å². The van der Waals surface area contributed by atoms with Crippen molar-refractivity contribution in [1.29, 1.82) is 0 Å². The molecule has 8 heteroatoms. The Morgan fingerprint density at radius 1 is 1.36 bits per heavy atom. The van der Waals surface area contributed by atoms with Crippen LogP contribution in [0.2, 0.25) is 0 Å². The lowest BCUT2D eigenvalue weighted by Gasteiger charge is -2.07. The number of tetrazole rings is 1. The highest BCUT2D eigenvalue weighted by molar-refractivity contribution is 9.10. The lowest BCUT2D eigenvalue weighted by molar-refractivity contribution is -0.113. The molecule has 22 heavy (non-hydrogen) atoms. The van der Waals surface area contributed by atoms with Crippen LogP contribution in [0.1, 0.15) is 0 Å². The molecule has 6 nitrogen and oxygen atoms in total. The van der Waals surface area contributed by atoms with Gasteiger partial charge < -0.3 is 5.32 Å². The lowest BCUT2D eigenvalue weighted by Crippen LogP contribution is -2.14. The number of thioether (sulfide) groups is 1. The summed E-state index contributed by atoms with van der Waals surface area (Å²) in [7, 11) is 1.74. The van der Waals surface area contributed by atoms with Crippen molar-refractivity contribution in [2.24, 2.45) is 7.05 Å². The van der Waals surface area contributed by atoms with Crippen LogP contribution in [0.3, 0.4) is 0 Å². The zero-order chi connectivity index (χ0) is 15.5. The van der Waals surface area contributed by atoms with Crippen LogP contribution in [-0.2, 0) is 11.8 Å². The van der Waals surface area contributed by atoms with Gasteiger partial charge in [-0.25, -0.2) is 4.68 Å². The zero-order valence-electron chi connectivity index (χ0n) is 11.7. The summed E-state index contributed by atoms with van der Waals surface area (Å²) < 4.78 is 2.57. The molecule has 112 valence electrons. The number of benzene rings is 2. The van der Waals surface area contributed by atoms with E-state index in [0.717, 1.165) is 20.9 Å². The molecule has 0 bridgehead atoms. The van der Waals surface area contributed by atoms with Crippen LogP contribution >= 0.6 is 27.7 Å². The molecule has 0 unspecified atom stereocenters. The number of anilines is 1. The summed E-state index contributed by atoms with van der Waals surface area (Å²) in [5.74, 6) is 0.160. The second-order valence-corrected chi connectivity index (χ2v) is 6.39. The predicted octanol–water partition coefficient (Wildman–Crippen LogP) is 2.86. The average molecular weight is 378 g/mol. The Morgan fingerprint density at radius 3 is 3.00 bits per heavy atom. The molecule has 0 atom stereocenters. The third-order valence-electron chi connectivity index (χ3n) is 3.02. The highest BCUT2D eigenvalue weighted by Crippen LogP contribution is 2.26. The highest BCUT2D eigenvalue weighted by atomic mass is 79.9. The zero-order valence-corrected chi connectivity index (χ0v) is 14.1. The van der Waals surface area contributed by atoms with Gasteiger partial charge >= 0.3 is 0 Å². The Bertz CT molecular complexity index is 835. The first-order valence-electron chi connectivity index (χ1n) is 6.47. The van der Waals surface area contributed by atoms with E-state index in [9.17, 15) is 4.79 Å². The third-order valence-corrected chi connectivity index (χ3v) is 4.73. The Hall–Kier alpha value is -1.93. The molecule has 2 aromatic carbocycles. The van der Waals surface area contributed by atoms with Gasteiger partial charge in [0.1, 0.15) is 0 Å². The first-order valence-corrected chi connectivity index (χ1v) is 8.24. The second kappa shape index (κ2) is 6.45. The molecular formula is C14H12BrN5OS. The highest BCUT2D eigenvalue weighted by Gasteiger charge is 2.08. The number of carbonyl (C=O) groups excluding carboxylic acids is 1. The molecule has 0 aliphatic rings. The minimum atomic E-state index is -0.0950. The molecular weight excluding hydrogens is 366 g/mol. The maximum Gasteiger partial charge on any atom is 0.234 e. The van der Waals surface area contributed by atoms with E-state index in [1.807, 2.05) is 36.4 Å². The van der Waals surface area contributed by atoms with E-state index in [2.05, 4.69) is 36.8 Å². The molecule has 1 heterocycles. The summed E-state index contributed by atoms with van der Waals surface area (Å²) in [6.07, 6.45) is 0. The fourth-order valence-electron chi connectivity index (χ4n) is 1.99. The lowest BCUT2D eigenvalue weighted by atomic mass is 10.1. The van der Waals surface area contributed by atoms with Gasteiger partial charge in [-0.2, -0.15) is 0 Å². The van der Waals surface area contributed by atoms with Crippen LogP contribution in [0.25, 0.3) is 10.8 Å². The van der Waals surface area contributed by atoms with Crippen molar-refractivity contribution in [1.82, 2.24) is 20.2 Å². The topological polar surface area (TPSA) is 72.7 Å². The molecule has 1 amide bonds. The van der Waals surface area contributed by atoms with E-state index in [4.69, 9.17) is 0 Å². The van der Waals surface area contributed by atoms with E-state index >= 15 is 0 Å². The van der Waals surface area contributed by atoms with Crippen molar-refractivity contribution in [2.75, 3.05) is 11.1 Å². The monoisotopic (exact) mass is 377 g/mol. The van der Waals surface area contributed by atoms with E-state index < -0.39 is 0 Å². The van der Waals surface area contributed by atoms with Crippen molar-refractivity contribution < 1.29 is 4.79 Å². The van der Waals surface area contributed by atoms with Crippen LogP contribution < -0.4 is 5.32 Å². The number of nitrogens with one attached hydrogen (secondary N) is 1. The summed E-state index contributed by atoms with van der Waals surface area (Å²) in [6, 6.07) is 11.8. The van der Waals surface area contributed by atoms with E-state index in [1.165, 1.54) is 16.4 Å². The van der Waals surface area contributed by atoms with Gasteiger partial charge in [-0.05, 0) is 39.4 Å². The molecule has 0 saturated heterocycles. The van der Waals surface area contributed by atoms with Gasteiger partial charge in [0.2, 0.25) is 11.1 Å². The van der Waals surface area contributed by atoms with Crippen LogP contribution in [0.4, 0.5) is 5.69 Å². The Balaban J connectivity index is 1.67. The Labute approximate surface area is 139 Å².